The van der Waals surface area contributed by atoms with E-state index in [2.05, 4.69) is 6.58 Å². The smallest absolute Gasteiger partial charge is 0.158 e. The average molecular weight is 156 g/mol. The summed E-state index contributed by atoms with van der Waals surface area (Å²) in [5.74, 6) is 0. The van der Waals surface area contributed by atoms with Crippen molar-refractivity contribution in [3.63, 3.8) is 0 Å². The van der Waals surface area contributed by atoms with Crippen molar-refractivity contribution in [2.75, 3.05) is 13.2 Å². The van der Waals surface area contributed by atoms with Gasteiger partial charge in [-0.05, 0) is 26.2 Å². The zero-order valence-corrected chi connectivity index (χ0v) is 7.14. The number of ether oxygens (including phenoxy) is 2. The van der Waals surface area contributed by atoms with Gasteiger partial charge in [-0.25, -0.2) is 0 Å². The van der Waals surface area contributed by atoms with Crippen LogP contribution < -0.4 is 0 Å². The molecule has 0 N–H and O–H groups in total. The average Bonchev–Trinajstić information content (AvgIpc) is 2.03. The molecular weight excluding hydrogens is 140 g/mol. The molecule has 1 heterocycles. The van der Waals surface area contributed by atoms with Gasteiger partial charge in [0.2, 0.25) is 0 Å². The molecule has 0 amide bonds. The van der Waals surface area contributed by atoms with E-state index in [0.29, 0.717) is 6.61 Å². The first-order valence-electron chi connectivity index (χ1n) is 4.16. The molecule has 0 saturated carbocycles. The van der Waals surface area contributed by atoms with E-state index in [-0.39, 0.29) is 6.29 Å². The SMILES string of the molecule is C=C(C)COC1CCCCO1. The van der Waals surface area contributed by atoms with Crippen LogP contribution in [0.2, 0.25) is 0 Å². The minimum Gasteiger partial charge on any atom is -0.353 e. The van der Waals surface area contributed by atoms with E-state index in [1.807, 2.05) is 6.92 Å². The molecule has 1 saturated heterocycles. The number of hydrogen-bond donors (Lipinski definition) is 0. The second-order valence-electron chi connectivity index (χ2n) is 3.06. The first-order chi connectivity index (χ1) is 5.29. The Bertz CT molecular complexity index is 126. The fourth-order valence-electron chi connectivity index (χ4n) is 1.08. The van der Waals surface area contributed by atoms with Crippen LogP contribution in [0.5, 0.6) is 0 Å². The first-order valence-corrected chi connectivity index (χ1v) is 4.16. The van der Waals surface area contributed by atoms with Gasteiger partial charge in [-0.2, -0.15) is 0 Å². The van der Waals surface area contributed by atoms with Gasteiger partial charge in [-0.1, -0.05) is 12.2 Å². The molecule has 0 aromatic carbocycles. The lowest BCUT2D eigenvalue weighted by Crippen LogP contribution is -2.22. The highest BCUT2D eigenvalue weighted by Gasteiger charge is 2.13. The van der Waals surface area contributed by atoms with Gasteiger partial charge in [-0.15, -0.1) is 0 Å². The molecule has 0 spiro atoms. The predicted octanol–water partition coefficient (Wildman–Crippen LogP) is 2.11. The molecule has 0 aromatic rings. The van der Waals surface area contributed by atoms with Gasteiger partial charge in [0.05, 0.1) is 6.61 Å². The van der Waals surface area contributed by atoms with Gasteiger partial charge in [0, 0.05) is 6.61 Å². The van der Waals surface area contributed by atoms with Crippen LogP contribution in [0, 0.1) is 0 Å². The quantitative estimate of drug-likeness (QED) is 0.582. The third kappa shape index (κ3) is 3.54. The lowest BCUT2D eigenvalue weighted by Gasteiger charge is -2.22. The summed E-state index contributed by atoms with van der Waals surface area (Å²) in [7, 11) is 0. The van der Waals surface area contributed by atoms with Gasteiger partial charge in [0.15, 0.2) is 6.29 Å². The molecule has 1 unspecified atom stereocenters. The molecule has 0 radical (unpaired) electrons. The molecule has 1 fully saturated rings. The predicted molar refractivity (Wildman–Crippen MR) is 44.4 cm³/mol. The summed E-state index contributed by atoms with van der Waals surface area (Å²) in [4.78, 5) is 0. The van der Waals surface area contributed by atoms with E-state index in [0.717, 1.165) is 18.6 Å². The zero-order chi connectivity index (χ0) is 8.10. The Balaban J connectivity index is 2.09. The normalized spacial score (nSPS) is 25.0. The molecule has 11 heavy (non-hydrogen) atoms. The summed E-state index contributed by atoms with van der Waals surface area (Å²) >= 11 is 0. The van der Waals surface area contributed by atoms with Crippen molar-refractivity contribution in [2.45, 2.75) is 32.5 Å². The second kappa shape index (κ2) is 4.52. The maximum Gasteiger partial charge on any atom is 0.158 e. The minimum absolute atomic E-state index is 0.0282. The lowest BCUT2D eigenvalue weighted by molar-refractivity contribution is -0.156. The summed E-state index contributed by atoms with van der Waals surface area (Å²) < 4.78 is 10.8. The Morgan fingerprint density at radius 2 is 2.45 bits per heavy atom. The van der Waals surface area contributed by atoms with E-state index >= 15 is 0 Å². The highest BCUT2D eigenvalue weighted by molar-refractivity contribution is 4.87. The molecule has 0 bridgehead atoms. The van der Waals surface area contributed by atoms with Crippen LogP contribution >= 0.6 is 0 Å². The van der Waals surface area contributed by atoms with Gasteiger partial charge in [0.25, 0.3) is 0 Å². The van der Waals surface area contributed by atoms with E-state index in [1.54, 1.807) is 0 Å². The maximum atomic E-state index is 5.42. The summed E-state index contributed by atoms with van der Waals surface area (Å²) in [6.07, 6.45) is 3.46. The Morgan fingerprint density at radius 1 is 1.64 bits per heavy atom. The lowest BCUT2D eigenvalue weighted by atomic mass is 10.2. The van der Waals surface area contributed by atoms with Crippen molar-refractivity contribution in [1.82, 2.24) is 0 Å². The molecule has 2 heteroatoms. The molecule has 1 rings (SSSR count). The van der Waals surface area contributed by atoms with Crippen LogP contribution in [-0.2, 0) is 9.47 Å². The summed E-state index contributed by atoms with van der Waals surface area (Å²) in [5, 5.41) is 0. The van der Waals surface area contributed by atoms with E-state index in [9.17, 15) is 0 Å². The molecule has 0 aliphatic carbocycles. The highest BCUT2D eigenvalue weighted by Crippen LogP contribution is 2.13. The molecule has 1 aliphatic rings. The van der Waals surface area contributed by atoms with Crippen molar-refractivity contribution < 1.29 is 9.47 Å². The minimum atomic E-state index is 0.0282. The highest BCUT2D eigenvalue weighted by atomic mass is 16.7. The van der Waals surface area contributed by atoms with E-state index in [1.165, 1.54) is 12.8 Å². The summed E-state index contributed by atoms with van der Waals surface area (Å²) in [5.41, 5.74) is 1.05. The Morgan fingerprint density at radius 3 is 3.00 bits per heavy atom. The molecule has 1 atom stereocenters. The van der Waals surface area contributed by atoms with E-state index < -0.39 is 0 Å². The van der Waals surface area contributed by atoms with Crippen molar-refractivity contribution in [2.24, 2.45) is 0 Å². The van der Waals surface area contributed by atoms with Crippen molar-refractivity contribution in [1.29, 1.82) is 0 Å². The number of hydrogen-bond acceptors (Lipinski definition) is 2. The zero-order valence-electron chi connectivity index (χ0n) is 7.14. The Kier molecular flexibility index (Phi) is 3.60. The Hall–Kier alpha value is -0.340. The van der Waals surface area contributed by atoms with Crippen LogP contribution in [0.3, 0.4) is 0 Å². The van der Waals surface area contributed by atoms with Gasteiger partial charge >= 0.3 is 0 Å². The molecule has 1 aliphatic heterocycles. The van der Waals surface area contributed by atoms with Gasteiger partial charge in [-0.3, -0.25) is 0 Å². The van der Waals surface area contributed by atoms with Gasteiger partial charge in [0.1, 0.15) is 0 Å². The standard InChI is InChI=1S/C9H16O2/c1-8(2)7-11-9-5-3-4-6-10-9/h9H,1,3-7H2,2H3. The molecule has 64 valence electrons. The van der Waals surface area contributed by atoms with Crippen LogP contribution in [-0.4, -0.2) is 19.5 Å². The second-order valence-corrected chi connectivity index (χ2v) is 3.06. The fraction of sp³-hybridized carbons (Fsp3) is 0.778. The Labute approximate surface area is 68.2 Å². The van der Waals surface area contributed by atoms with Crippen molar-refractivity contribution in [3.8, 4) is 0 Å². The topological polar surface area (TPSA) is 18.5 Å². The van der Waals surface area contributed by atoms with Gasteiger partial charge < -0.3 is 9.47 Å². The third-order valence-corrected chi connectivity index (χ3v) is 1.65. The summed E-state index contributed by atoms with van der Waals surface area (Å²) in [6.45, 7) is 7.20. The fourth-order valence-corrected chi connectivity index (χ4v) is 1.08. The van der Waals surface area contributed by atoms with Crippen LogP contribution in [0.4, 0.5) is 0 Å². The van der Waals surface area contributed by atoms with Crippen LogP contribution in [0.15, 0.2) is 12.2 Å². The monoisotopic (exact) mass is 156 g/mol. The third-order valence-electron chi connectivity index (χ3n) is 1.65. The van der Waals surface area contributed by atoms with E-state index in [4.69, 9.17) is 9.47 Å². The van der Waals surface area contributed by atoms with Crippen LogP contribution in [0.1, 0.15) is 26.2 Å². The van der Waals surface area contributed by atoms with Crippen molar-refractivity contribution in [3.05, 3.63) is 12.2 Å². The molecular formula is C9H16O2. The first kappa shape index (κ1) is 8.75. The molecule has 0 aromatic heterocycles. The van der Waals surface area contributed by atoms with Crippen molar-refractivity contribution >= 4 is 0 Å². The maximum absolute atomic E-state index is 5.42. The number of rotatable bonds is 3. The largest absolute Gasteiger partial charge is 0.353 e. The van der Waals surface area contributed by atoms with Crippen LogP contribution in [0.25, 0.3) is 0 Å². The molecule has 2 nitrogen and oxygen atoms in total. The summed E-state index contributed by atoms with van der Waals surface area (Å²) in [6, 6.07) is 0.